The van der Waals surface area contributed by atoms with Gasteiger partial charge in [0.25, 0.3) is 0 Å². The van der Waals surface area contributed by atoms with Crippen LogP contribution in [0.5, 0.6) is 0 Å². The van der Waals surface area contributed by atoms with Gasteiger partial charge in [-0.15, -0.1) is 0 Å². The van der Waals surface area contributed by atoms with Crippen molar-refractivity contribution in [2.24, 2.45) is 5.41 Å². The van der Waals surface area contributed by atoms with Crippen molar-refractivity contribution in [1.29, 1.82) is 0 Å². The normalized spacial score (nSPS) is 17.8. The molecule has 2 rings (SSSR count). The van der Waals surface area contributed by atoms with Crippen molar-refractivity contribution < 1.29 is 0 Å². The van der Waals surface area contributed by atoms with Crippen molar-refractivity contribution in [3.05, 3.63) is 33.4 Å². The summed E-state index contributed by atoms with van der Waals surface area (Å²) in [6, 6.07) is 9.58. The molecule has 1 aliphatic carbocycles. The Bertz CT molecular complexity index is 338. The zero-order valence-electron chi connectivity index (χ0n) is 10.1. The van der Waals surface area contributed by atoms with E-state index in [2.05, 4.69) is 66.0 Å². The highest BCUT2D eigenvalue weighted by molar-refractivity contribution is 14.1. The first-order chi connectivity index (χ1) is 7.60. The van der Waals surface area contributed by atoms with Crippen LogP contribution in [0, 0.1) is 8.99 Å². The van der Waals surface area contributed by atoms with Crippen LogP contribution in [0.4, 0.5) is 0 Å². The number of hydrogen-bond donors (Lipinski definition) is 1. The van der Waals surface area contributed by atoms with E-state index in [9.17, 15) is 0 Å². The predicted molar refractivity (Wildman–Crippen MR) is 77.7 cm³/mol. The molecule has 0 atom stereocenters. The monoisotopic (exact) mass is 329 g/mol. The molecule has 88 valence electrons. The van der Waals surface area contributed by atoms with Gasteiger partial charge in [0.2, 0.25) is 0 Å². The molecule has 0 unspecified atom stereocenters. The fraction of sp³-hybridized carbons (Fsp3) is 0.571. The van der Waals surface area contributed by atoms with E-state index in [0.29, 0.717) is 11.5 Å². The van der Waals surface area contributed by atoms with Gasteiger partial charge < -0.3 is 5.32 Å². The summed E-state index contributed by atoms with van der Waals surface area (Å²) in [6.45, 7) is 5.62. The molecule has 0 saturated heterocycles. The van der Waals surface area contributed by atoms with E-state index in [4.69, 9.17) is 0 Å². The summed E-state index contributed by atoms with van der Waals surface area (Å²) in [5.74, 6) is 0. The maximum Gasteiger partial charge on any atom is 0.0130 e. The van der Waals surface area contributed by atoms with Gasteiger partial charge in [-0.25, -0.2) is 0 Å². The maximum absolute atomic E-state index is 3.58. The van der Waals surface area contributed by atoms with E-state index in [1.54, 1.807) is 0 Å². The first-order valence-electron chi connectivity index (χ1n) is 6.08. The smallest absolute Gasteiger partial charge is 0.0130 e. The van der Waals surface area contributed by atoms with Gasteiger partial charge in [0, 0.05) is 16.2 Å². The lowest BCUT2D eigenvalue weighted by Crippen LogP contribution is -2.30. The molecule has 16 heavy (non-hydrogen) atoms. The molecule has 1 N–H and O–H groups in total. The predicted octanol–water partition coefficient (Wildman–Crippen LogP) is 3.61. The highest BCUT2D eigenvalue weighted by atomic mass is 127. The zero-order valence-corrected chi connectivity index (χ0v) is 12.3. The van der Waals surface area contributed by atoms with E-state index < -0.39 is 0 Å². The topological polar surface area (TPSA) is 12.0 Å². The van der Waals surface area contributed by atoms with Gasteiger partial charge in [0.05, 0.1) is 0 Å². The van der Waals surface area contributed by atoms with Gasteiger partial charge in [-0.3, -0.25) is 0 Å². The van der Waals surface area contributed by atoms with E-state index >= 15 is 0 Å². The summed E-state index contributed by atoms with van der Waals surface area (Å²) in [4.78, 5) is 0. The summed E-state index contributed by atoms with van der Waals surface area (Å²) in [7, 11) is 0. The molecular weight excluding hydrogens is 309 g/mol. The molecule has 0 heterocycles. The van der Waals surface area contributed by atoms with Crippen LogP contribution in [-0.4, -0.2) is 12.6 Å². The molecule has 0 spiro atoms. The minimum Gasteiger partial charge on any atom is -0.314 e. The second-order valence-electron chi connectivity index (χ2n) is 5.34. The van der Waals surface area contributed by atoms with Crippen molar-refractivity contribution in [2.75, 3.05) is 6.54 Å². The molecule has 1 aromatic carbocycles. The SMILES string of the molecule is CC(C)NCC1(Cc2ccc(I)cc2)CC1. The van der Waals surface area contributed by atoms with Crippen molar-refractivity contribution in [2.45, 2.75) is 39.2 Å². The molecule has 1 nitrogen and oxygen atoms in total. The number of benzene rings is 1. The van der Waals surface area contributed by atoms with Gasteiger partial charge in [-0.2, -0.15) is 0 Å². The van der Waals surface area contributed by atoms with Gasteiger partial charge in [0.15, 0.2) is 0 Å². The van der Waals surface area contributed by atoms with Crippen LogP contribution in [0.3, 0.4) is 0 Å². The highest BCUT2D eigenvalue weighted by Gasteiger charge is 2.41. The molecule has 2 heteroatoms. The van der Waals surface area contributed by atoms with Gasteiger partial charge in [0.1, 0.15) is 0 Å². The highest BCUT2D eigenvalue weighted by Crippen LogP contribution is 2.47. The summed E-state index contributed by atoms with van der Waals surface area (Å²) in [5, 5.41) is 3.58. The molecule has 0 amide bonds. The molecule has 0 bridgehead atoms. The first kappa shape index (κ1) is 12.4. The lowest BCUT2D eigenvalue weighted by molar-refractivity contribution is 0.429. The first-order valence-corrected chi connectivity index (χ1v) is 7.15. The van der Waals surface area contributed by atoms with Gasteiger partial charge >= 0.3 is 0 Å². The van der Waals surface area contributed by atoms with Crippen molar-refractivity contribution >= 4 is 22.6 Å². The number of hydrogen-bond acceptors (Lipinski definition) is 1. The van der Waals surface area contributed by atoms with Crippen molar-refractivity contribution in [3.63, 3.8) is 0 Å². The fourth-order valence-corrected chi connectivity index (χ4v) is 2.41. The second-order valence-corrected chi connectivity index (χ2v) is 6.58. The molecule has 1 aliphatic rings. The molecule has 1 fully saturated rings. The quantitative estimate of drug-likeness (QED) is 0.814. The number of rotatable bonds is 5. The van der Waals surface area contributed by atoms with E-state index in [0.717, 1.165) is 0 Å². The van der Waals surface area contributed by atoms with Crippen molar-refractivity contribution in [1.82, 2.24) is 5.32 Å². The lowest BCUT2D eigenvalue weighted by atomic mass is 9.96. The summed E-state index contributed by atoms with van der Waals surface area (Å²) in [5.41, 5.74) is 2.06. The molecule has 1 aromatic rings. The van der Waals surface area contributed by atoms with E-state index in [1.165, 1.54) is 34.9 Å². The molecule has 1 saturated carbocycles. The molecule has 0 radical (unpaired) electrons. The van der Waals surface area contributed by atoms with E-state index in [-0.39, 0.29) is 0 Å². The Labute approximate surface area is 112 Å². The third-order valence-electron chi connectivity index (χ3n) is 3.33. The Kier molecular flexibility index (Phi) is 3.90. The Hall–Kier alpha value is -0.0900. The zero-order chi connectivity index (χ0) is 11.6. The summed E-state index contributed by atoms with van der Waals surface area (Å²) >= 11 is 2.36. The molecular formula is C14H20IN. The second kappa shape index (κ2) is 5.05. The standard InChI is InChI=1S/C14H20IN/c1-11(2)16-10-14(7-8-14)9-12-3-5-13(15)6-4-12/h3-6,11,16H,7-10H2,1-2H3. The Morgan fingerprint density at radius 1 is 1.25 bits per heavy atom. The van der Waals surface area contributed by atoms with Crippen LogP contribution < -0.4 is 5.32 Å². The Morgan fingerprint density at radius 2 is 1.88 bits per heavy atom. The van der Waals surface area contributed by atoms with Crippen LogP contribution >= 0.6 is 22.6 Å². The van der Waals surface area contributed by atoms with Crippen LogP contribution in [0.1, 0.15) is 32.3 Å². The minimum absolute atomic E-state index is 0.567. The van der Waals surface area contributed by atoms with Gasteiger partial charge in [-0.1, -0.05) is 26.0 Å². The fourth-order valence-electron chi connectivity index (χ4n) is 2.05. The largest absolute Gasteiger partial charge is 0.314 e. The third kappa shape index (κ3) is 3.45. The number of halogens is 1. The van der Waals surface area contributed by atoms with Crippen LogP contribution in [0.2, 0.25) is 0 Å². The summed E-state index contributed by atoms with van der Waals surface area (Å²) in [6.07, 6.45) is 4.01. The number of nitrogens with one attached hydrogen (secondary N) is 1. The maximum atomic E-state index is 3.58. The molecule has 0 aromatic heterocycles. The van der Waals surface area contributed by atoms with Crippen LogP contribution in [0.15, 0.2) is 24.3 Å². The Morgan fingerprint density at radius 3 is 2.38 bits per heavy atom. The average molecular weight is 329 g/mol. The van der Waals surface area contributed by atoms with Crippen molar-refractivity contribution in [3.8, 4) is 0 Å². The van der Waals surface area contributed by atoms with Crippen LogP contribution in [0.25, 0.3) is 0 Å². The average Bonchev–Trinajstić information content (AvgIpc) is 3.00. The lowest BCUT2D eigenvalue weighted by Gasteiger charge is -2.18. The van der Waals surface area contributed by atoms with E-state index in [1.807, 2.05) is 0 Å². The minimum atomic E-state index is 0.567. The Balaban J connectivity index is 1.91. The van der Waals surface area contributed by atoms with Gasteiger partial charge in [-0.05, 0) is 65.0 Å². The van der Waals surface area contributed by atoms with Crippen LogP contribution in [-0.2, 0) is 6.42 Å². The third-order valence-corrected chi connectivity index (χ3v) is 4.05. The summed E-state index contributed by atoms with van der Waals surface area (Å²) < 4.78 is 1.33. The molecule has 0 aliphatic heterocycles.